The largest absolute Gasteiger partial charge is 0.364 e. The fourth-order valence-corrected chi connectivity index (χ4v) is 23.4. The molecule has 6 unspecified atom stereocenters. The number of hydrogen-bond acceptors (Lipinski definition) is 20. The number of piperazine rings is 3. The molecule has 5 amide bonds. The summed E-state index contributed by atoms with van der Waals surface area (Å²) in [5.41, 5.74) is 13.4. The van der Waals surface area contributed by atoms with Crippen molar-refractivity contribution in [3.05, 3.63) is 251 Å². The molecule has 3 fully saturated rings. The Balaban J connectivity index is 0.000000139. The fraction of sp³-hybridized carbons (Fsp3) is 0.355. The lowest BCUT2D eigenvalue weighted by Gasteiger charge is -2.50. The van der Waals surface area contributed by atoms with Gasteiger partial charge in [-0.1, -0.05) is 156 Å². The monoisotopic (exact) mass is 2050 g/mol. The Morgan fingerprint density at radius 1 is 0.401 bits per heavy atom. The van der Waals surface area contributed by atoms with Gasteiger partial charge >= 0.3 is 0 Å². The minimum absolute atomic E-state index is 0.00786. The topological polar surface area (TPSA) is 349 Å². The Morgan fingerprint density at radius 2 is 0.728 bits per heavy atom. The highest BCUT2D eigenvalue weighted by molar-refractivity contribution is 6.37. The molecule has 0 bridgehead atoms. The van der Waals surface area contributed by atoms with Gasteiger partial charge in [0.05, 0.1) is 165 Å². The Hall–Kier alpha value is -14.8. The number of H-pyrrole nitrogens is 3. The third-order valence-corrected chi connectivity index (χ3v) is 30.5. The number of aromatic nitrogens is 15. The number of benzene rings is 6. The second kappa shape index (κ2) is 38.6. The van der Waals surface area contributed by atoms with Crippen LogP contribution < -0.4 is 41.6 Å². The van der Waals surface area contributed by atoms with Gasteiger partial charge in [0.15, 0.2) is 17.5 Å². The average Bonchev–Trinajstić information content (AvgIpc) is 1.08. The molecule has 147 heavy (non-hydrogen) atoms. The van der Waals surface area contributed by atoms with E-state index in [1.165, 1.54) is 62.9 Å². The third-order valence-electron chi connectivity index (χ3n) is 29.6. The molecule has 758 valence electrons. The lowest BCUT2D eigenvalue weighted by molar-refractivity contribution is -0.132. The number of anilines is 5. The highest BCUT2D eigenvalue weighted by atomic mass is 35.5. The van der Waals surface area contributed by atoms with E-state index in [0.717, 1.165) is 22.2 Å². The highest BCUT2D eigenvalue weighted by Gasteiger charge is 2.50. The molecule has 3 saturated heterocycles. The molecule has 0 spiro atoms. The second-order valence-corrected chi connectivity index (χ2v) is 42.0. The van der Waals surface area contributed by atoms with Gasteiger partial charge in [-0.25, -0.2) is 58.0 Å². The van der Waals surface area contributed by atoms with E-state index in [4.69, 9.17) is 34.8 Å². The van der Waals surface area contributed by atoms with E-state index in [1.54, 1.807) is 51.9 Å². The average molecular weight is 2050 g/mol. The van der Waals surface area contributed by atoms with Crippen molar-refractivity contribution in [3.8, 4) is 50.4 Å². The zero-order valence-electron chi connectivity index (χ0n) is 85.1. The maximum absolute atomic E-state index is 18.0. The van der Waals surface area contributed by atoms with Crippen LogP contribution in [0.2, 0.25) is 15.1 Å². The third kappa shape index (κ3) is 16.3. The number of carbonyl (C=O) groups excluding carboxylic acids is 5. The van der Waals surface area contributed by atoms with Gasteiger partial charge in [0.2, 0.25) is 23.6 Å². The van der Waals surface area contributed by atoms with Crippen LogP contribution in [0.3, 0.4) is 0 Å². The Morgan fingerprint density at radius 3 is 1.10 bits per heavy atom. The fourth-order valence-electron chi connectivity index (χ4n) is 22.6. The minimum Gasteiger partial charge on any atom is -0.364 e. The number of halogens is 6. The summed E-state index contributed by atoms with van der Waals surface area (Å²) >= 11 is 21.3. The van der Waals surface area contributed by atoms with Crippen molar-refractivity contribution in [3.63, 3.8) is 0 Å². The van der Waals surface area contributed by atoms with Crippen LogP contribution >= 0.6 is 34.8 Å². The van der Waals surface area contributed by atoms with Gasteiger partial charge in [0, 0.05) is 112 Å². The number of rotatable bonds is 15. The van der Waals surface area contributed by atoms with E-state index < -0.39 is 46.6 Å². The summed E-state index contributed by atoms with van der Waals surface area (Å²) in [6.07, 6.45) is 14.0. The van der Waals surface area contributed by atoms with Gasteiger partial charge in [-0.05, 0) is 161 Å². The van der Waals surface area contributed by atoms with Gasteiger partial charge < -0.3 is 54.6 Å². The standard InChI is InChI=1S/C37H38ClFN8O3.C37H39ClFN7O2.C36H36ClFN8O3/c1-9-25(48)45-14-24-36(49)44(8)35-33(46(24)13-20(45)7)21-12-22(38)27(26-19(6)10-11-23-31(26)43-15-40-23)28(39)32(21)47(37(35)50)34-29(17(2)3)41-16-42-30(34)18(4)5;1-8-27(47)44-15-22-10-11-23-34(45(22)14-21(44)7)24-13-25(38)29(28-20(6)9-12-26-33(28)43-16-40-26)30(39)35(24)46(37(23)48)36-31(18(2)3)41-17-42-32(36)19(4)5;1-8-24(47)44-13-23-35(48)43-31-33(45(23)12-19(44)7)20-11-21(37)26(25-18(6)9-10-22-30(25)42-14-39-22)27(38)32(20)46(36(31)49)34-28(16(2)3)40-15-41-29(34)17(4)5/h9-12,15-18,20,24H,1,13-14H2,2-8H3,(H,40,43);8-9,12-13,16-19,21-22H,1,10-11,14-15H2,2-7H3,(H,40,43);8-11,14-17,19,23H,1,12-13H2,2-7H3,(H,39,42)(H,43,48). The Bertz CT molecular complexity index is 8270. The Kier molecular flexibility index (Phi) is 26.5. The van der Waals surface area contributed by atoms with Gasteiger partial charge in [0.1, 0.15) is 42.4 Å². The number of aryl methyl sites for hydroxylation is 3. The first-order valence-corrected chi connectivity index (χ1v) is 50.5. The van der Waals surface area contributed by atoms with Crippen LogP contribution in [0.5, 0.6) is 0 Å². The number of imidazole rings is 3. The van der Waals surface area contributed by atoms with E-state index in [1.807, 2.05) is 171 Å². The molecular formula is C110H113Cl3F3N23O8. The minimum atomic E-state index is -0.842. The Labute approximate surface area is 860 Å². The molecule has 21 rings (SSSR count). The molecule has 15 heterocycles. The van der Waals surface area contributed by atoms with Gasteiger partial charge in [-0.2, -0.15) is 0 Å². The normalized spacial score (nSPS) is 17.7. The molecule has 6 aliphatic heterocycles. The lowest BCUT2D eigenvalue weighted by atomic mass is 9.89. The van der Waals surface area contributed by atoms with Gasteiger partial charge in [-0.3, -0.25) is 52.1 Å². The van der Waals surface area contributed by atoms with Crippen LogP contribution in [0, 0.1) is 38.2 Å². The molecule has 0 radical (unpaired) electrons. The molecule has 9 aromatic heterocycles. The number of pyridine rings is 3. The SMILES string of the molecule is C=CC(=O)N1CC2C(=O)N(C)c3c(c4cc(Cl)c(-c5c(C)ccc6[nH]cnc56)c(F)c4n(-c4c(C(C)C)ncnc4C(C)C)c3=O)N2CC1C.C=CC(=O)N1CC2C(=O)Nc3c(c4cc(Cl)c(-c5c(C)ccc6[nH]cnc56)c(F)c4n(-c4c(C(C)C)ncnc4C(C)C)c3=O)N2CC1C.C=CC(=O)N1CC2CCc3c(c4cc(Cl)c(-c5c(C)ccc6[nH]cnc56)c(F)c4n(-c4c(C(C)C)ncnc4C(C)C)c3=O)N2CC1C. The molecule has 6 aliphatic rings. The molecule has 31 nitrogen and oxygen atoms in total. The zero-order chi connectivity index (χ0) is 105. The van der Waals surface area contributed by atoms with E-state index in [0.29, 0.717) is 160 Å². The van der Waals surface area contributed by atoms with Crippen LogP contribution in [0.25, 0.3) is 116 Å². The summed E-state index contributed by atoms with van der Waals surface area (Å²) in [5.74, 6) is -4.42. The van der Waals surface area contributed by atoms with Crippen molar-refractivity contribution in [2.75, 3.05) is 71.2 Å². The summed E-state index contributed by atoms with van der Waals surface area (Å²) in [5, 5.41) is 4.48. The van der Waals surface area contributed by atoms with E-state index >= 15 is 22.8 Å². The highest BCUT2D eigenvalue weighted by Crippen LogP contribution is 2.53. The summed E-state index contributed by atoms with van der Waals surface area (Å²) in [6.45, 7) is 47.4. The summed E-state index contributed by atoms with van der Waals surface area (Å²) in [6, 6.07) is 13.8. The summed E-state index contributed by atoms with van der Waals surface area (Å²) in [4.78, 5) is 174. The quantitative estimate of drug-likeness (QED) is 0.0693. The number of nitrogens with one attached hydrogen (secondary N) is 4. The van der Waals surface area contributed by atoms with Crippen LogP contribution in [-0.4, -0.2) is 200 Å². The van der Waals surface area contributed by atoms with E-state index in [2.05, 4.69) is 89.8 Å². The summed E-state index contributed by atoms with van der Waals surface area (Å²) < 4.78 is 58.0. The van der Waals surface area contributed by atoms with Crippen molar-refractivity contribution < 1.29 is 37.1 Å². The maximum atomic E-state index is 18.0. The first-order valence-electron chi connectivity index (χ1n) is 49.4. The number of carbonyl (C=O) groups is 5. The van der Waals surface area contributed by atoms with Crippen LogP contribution in [0.15, 0.2) is 145 Å². The number of aromatic amines is 3. The van der Waals surface area contributed by atoms with Crippen molar-refractivity contribution >= 4 is 159 Å². The lowest BCUT2D eigenvalue weighted by Crippen LogP contribution is -2.66. The molecule has 6 atom stereocenters. The molecule has 0 saturated carbocycles. The van der Waals surface area contributed by atoms with Gasteiger partial charge in [0.25, 0.3) is 22.6 Å². The molecule has 6 aromatic carbocycles. The number of amides is 5. The first kappa shape index (κ1) is 101. The number of fused-ring (bicyclic) bond motifs is 18. The zero-order valence-corrected chi connectivity index (χ0v) is 87.4. The molecule has 4 N–H and O–H groups in total. The van der Waals surface area contributed by atoms with Crippen LogP contribution in [0.4, 0.5) is 41.6 Å². The van der Waals surface area contributed by atoms with Crippen molar-refractivity contribution in [1.82, 2.24) is 88.2 Å². The van der Waals surface area contributed by atoms with Crippen molar-refractivity contribution in [2.24, 2.45) is 0 Å². The maximum Gasteiger partial charge on any atom is 0.281 e. The predicted octanol–water partition coefficient (Wildman–Crippen LogP) is 19.7. The van der Waals surface area contributed by atoms with Crippen molar-refractivity contribution in [2.45, 2.75) is 209 Å². The smallest absolute Gasteiger partial charge is 0.281 e. The van der Waals surface area contributed by atoms with E-state index in [-0.39, 0.29) is 175 Å². The molecule has 37 heteroatoms. The van der Waals surface area contributed by atoms with Crippen LogP contribution in [0.1, 0.15) is 202 Å². The molecule has 0 aliphatic carbocycles. The first-order chi connectivity index (χ1) is 70.1. The van der Waals surface area contributed by atoms with Crippen LogP contribution in [-0.2, 0) is 30.4 Å². The number of nitrogens with zero attached hydrogens (tertiary/aromatic N) is 19. The molecular weight excluding hydrogens is 1930 g/mol. The van der Waals surface area contributed by atoms with E-state index in [9.17, 15) is 28.8 Å². The predicted molar refractivity (Wildman–Crippen MR) is 572 cm³/mol. The number of likely N-dealkylation sites (N-methyl/N-ethyl adjacent to an activating group) is 1. The molecule has 15 aromatic rings. The van der Waals surface area contributed by atoms with Gasteiger partial charge in [-0.15, -0.1) is 0 Å². The summed E-state index contributed by atoms with van der Waals surface area (Å²) in [7, 11) is 1.54. The number of hydrogen-bond donors (Lipinski definition) is 4. The second-order valence-electron chi connectivity index (χ2n) is 40.8. The van der Waals surface area contributed by atoms with Crippen molar-refractivity contribution in [1.29, 1.82) is 0 Å².